The topological polar surface area (TPSA) is 101 Å². The minimum absolute atomic E-state index is 0.0877. The van der Waals surface area contributed by atoms with Crippen molar-refractivity contribution >= 4 is 11.9 Å². The molecule has 0 bridgehead atoms. The van der Waals surface area contributed by atoms with Gasteiger partial charge in [0.05, 0.1) is 5.56 Å². The van der Waals surface area contributed by atoms with Crippen molar-refractivity contribution in [3.8, 4) is 11.5 Å². The number of hydrogen-bond donors (Lipinski definition) is 0. The van der Waals surface area contributed by atoms with Crippen molar-refractivity contribution in [3.05, 3.63) is 48.9 Å². The lowest BCUT2D eigenvalue weighted by Gasteiger charge is -2.34. The molecule has 1 amide bonds. The van der Waals surface area contributed by atoms with E-state index in [1.165, 1.54) is 0 Å². The number of anilines is 1. The first-order valence-electron chi connectivity index (χ1n) is 8.82. The molecule has 27 heavy (non-hydrogen) atoms. The molecule has 3 aromatic rings. The summed E-state index contributed by atoms with van der Waals surface area (Å²) in [7, 11) is 0. The Kier molecular flexibility index (Phi) is 4.99. The molecule has 1 aliphatic heterocycles. The monoisotopic (exact) mass is 365 g/mol. The lowest BCUT2D eigenvalue weighted by molar-refractivity contribution is -0.131. The summed E-state index contributed by atoms with van der Waals surface area (Å²) in [4.78, 5) is 29.0. The highest BCUT2D eigenvalue weighted by Crippen LogP contribution is 2.17. The summed E-state index contributed by atoms with van der Waals surface area (Å²) in [5.41, 5.74) is 0.766. The number of nitrogens with zero attached hydrogens (tertiary/aromatic N) is 7. The van der Waals surface area contributed by atoms with E-state index in [-0.39, 0.29) is 5.91 Å². The lowest BCUT2D eigenvalue weighted by Crippen LogP contribution is -2.49. The van der Waals surface area contributed by atoms with E-state index < -0.39 is 0 Å². The maximum absolute atomic E-state index is 12.5. The van der Waals surface area contributed by atoms with Crippen molar-refractivity contribution < 1.29 is 9.21 Å². The highest BCUT2D eigenvalue weighted by Gasteiger charge is 2.22. The Morgan fingerprint density at radius 1 is 1.04 bits per heavy atom. The van der Waals surface area contributed by atoms with E-state index >= 15 is 0 Å². The number of aryl methyl sites for hydroxylation is 1. The first-order valence-corrected chi connectivity index (χ1v) is 8.82. The van der Waals surface area contributed by atoms with Crippen LogP contribution in [0.3, 0.4) is 0 Å². The average Bonchev–Trinajstić information content (AvgIpc) is 3.22. The zero-order valence-electron chi connectivity index (χ0n) is 14.7. The zero-order chi connectivity index (χ0) is 18.5. The Balaban J connectivity index is 1.27. The first-order chi connectivity index (χ1) is 13.3. The van der Waals surface area contributed by atoms with Gasteiger partial charge in [-0.05, 0) is 18.2 Å². The van der Waals surface area contributed by atoms with E-state index in [1.807, 2.05) is 17.0 Å². The Morgan fingerprint density at radius 3 is 2.59 bits per heavy atom. The summed E-state index contributed by atoms with van der Waals surface area (Å²) in [6, 6.07) is 5.45. The fraction of sp³-hybridized carbons (Fsp3) is 0.333. The third-order valence-electron chi connectivity index (χ3n) is 4.40. The Bertz CT molecular complexity index is 877. The molecule has 0 atom stereocenters. The van der Waals surface area contributed by atoms with Gasteiger partial charge in [0.15, 0.2) is 0 Å². The van der Waals surface area contributed by atoms with E-state index in [0.29, 0.717) is 43.7 Å². The maximum atomic E-state index is 12.5. The van der Waals surface area contributed by atoms with E-state index in [4.69, 9.17) is 4.42 Å². The molecule has 9 nitrogen and oxygen atoms in total. The van der Waals surface area contributed by atoms with Crippen molar-refractivity contribution in [3.63, 3.8) is 0 Å². The van der Waals surface area contributed by atoms with Crippen LogP contribution in [-0.4, -0.2) is 62.1 Å². The zero-order valence-corrected chi connectivity index (χ0v) is 14.7. The highest BCUT2D eigenvalue weighted by atomic mass is 16.4. The lowest BCUT2D eigenvalue weighted by atomic mass is 10.2. The van der Waals surface area contributed by atoms with Crippen LogP contribution in [0.2, 0.25) is 0 Å². The van der Waals surface area contributed by atoms with Crippen LogP contribution >= 0.6 is 0 Å². The Labute approximate surface area is 156 Å². The van der Waals surface area contributed by atoms with Crippen LogP contribution in [0, 0.1) is 0 Å². The fourth-order valence-electron chi connectivity index (χ4n) is 2.94. The molecular weight excluding hydrogens is 346 g/mol. The summed E-state index contributed by atoms with van der Waals surface area (Å²) in [6.45, 7) is 2.76. The quantitative estimate of drug-likeness (QED) is 0.665. The molecule has 138 valence electrons. The van der Waals surface area contributed by atoms with Crippen LogP contribution < -0.4 is 4.90 Å². The van der Waals surface area contributed by atoms with Gasteiger partial charge in [-0.3, -0.25) is 9.78 Å². The summed E-state index contributed by atoms with van der Waals surface area (Å²) in [5, 5.41) is 8.04. The minimum atomic E-state index is 0.0877. The largest absolute Gasteiger partial charge is 0.421 e. The average molecular weight is 365 g/mol. The smallest absolute Gasteiger partial charge is 0.249 e. The molecule has 0 aromatic carbocycles. The van der Waals surface area contributed by atoms with E-state index in [2.05, 4.69) is 30.0 Å². The number of carbonyl (C=O) groups is 1. The highest BCUT2D eigenvalue weighted by molar-refractivity contribution is 5.76. The fourth-order valence-corrected chi connectivity index (χ4v) is 2.94. The van der Waals surface area contributed by atoms with Crippen molar-refractivity contribution in [2.24, 2.45) is 0 Å². The van der Waals surface area contributed by atoms with Crippen LogP contribution in [0.4, 0.5) is 5.95 Å². The van der Waals surface area contributed by atoms with Crippen LogP contribution in [-0.2, 0) is 11.2 Å². The molecule has 4 rings (SSSR count). The third kappa shape index (κ3) is 4.08. The van der Waals surface area contributed by atoms with E-state index in [0.717, 1.165) is 18.7 Å². The van der Waals surface area contributed by atoms with Crippen LogP contribution in [0.15, 0.2) is 47.4 Å². The molecular formula is C18H19N7O2. The number of aromatic nitrogens is 5. The Hall–Kier alpha value is -3.36. The van der Waals surface area contributed by atoms with Gasteiger partial charge in [-0.15, -0.1) is 10.2 Å². The third-order valence-corrected chi connectivity index (χ3v) is 4.40. The van der Waals surface area contributed by atoms with E-state index in [9.17, 15) is 4.79 Å². The van der Waals surface area contributed by atoms with Crippen molar-refractivity contribution in [1.29, 1.82) is 0 Å². The molecule has 0 N–H and O–H groups in total. The SMILES string of the molecule is O=C(CCc1nnc(-c2cccnc2)o1)N1CCN(c2ncccn2)CC1. The summed E-state index contributed by atoms with van der Waals surface area (Å²) in [6.07, 6.45) is 7.57. The first kappa shape index (κ1) is 17.1. The van der Waals surface area contributed by atoms with Crippen LogP contribution in [0.1, 0.15) is 12.3 Å². The summed E-state index contributed by atoms with van der Waals surface area (Å²) in [5.74, 6) is 1.67. The van der Waals surface area contributed by atoms with Gasteiger partial charge in [0.2, 0.25) is 23.6 Å². The van der Waals surface area contributed by atoms with Crippen molar-refractivity contribution in [1.82, 2.24) is 30.0 Å². The van der Waals surface area contributed by atoms with Gasteiger partial charge < -0.3 is 14.2 Å². The number of hydrogen-bond acceptors (Lipinski definition) is 8. The molecule has 3 aromatic heterocycles. The van der Waals surface area contributed by atoms with Crippen LogP contribution in [0.25, 0.3) is 11.5 Å². The van der Waals surface area contributed by atoms with Crippen LogP contribution in [0.5, 0.6) is 0 Å². The molecule has 1 saturated heterocycles. The molecule has 0 saturated carbocycles. The van der Waals surface area contributed by atoms with Gasteiger partial charge in [-0.25, -0.2) is 9.97 Å². The number of carbonyl (C=O) groups excluding carboxylic acids is 1. The van der Waals surface area contributed by atoms with Crippen molar-refractivity contribution in [2.45, 2.75) is 12.8 Å². The van der Waals surface area contributed by atoms with Gasteiger partial charge in [0.1, 0.15) is 0 Å². The normalized spacial score (nSPS) is 14.4. The Morgan fingerprint density at radius 2 is 1.85 bits per heavy atom. The molecule has 0 radical (unpaired) electrons. The second-order valence-corrected chi connectivity index (χ2v) is 6.16. The minimum Gasteiger partial charge on any atom is -0.421 e. The predicted molar refractivity (Wildman–Crippen MR) is 96.7 cm³/mol. The number of amides is 1. The summed E-state index contributed by atoms with van der Waals surface area (Å²) >= 11 is 0. The van der Waals surface area contributed by atoms with E-state index in [1.54, 1.807) is 30.9 Å². The number of rotatable bonds is 5. The number of pyridine rings is 1. The van der Waals surface area contributed by atoms with Crippen molar-refractivity contribution in [2.75, 3.05) is 31.1 Å². The molecule has 4 heterocycles. The molecule has 0 spiro atoms. The van der Waals surface area contributed by atoms with Gasteiger partial charge in [-0.2, -0.15) is 0 Å². The van der Waals surface area contributed by atoms with Gasteiger partial charge in [0.25, 0.3) is 0 Å². The number of piperazine rings is 1. The second kappa shape index (κ2) is 7.90. The molecule has 9 heteroatoms. The molecule has 0 unspecified atom stereocenters. The molecule has 1 fully saturated rings. The predicted octanol–water partition coefficient (Wildman–Crippen LogP) is 1.20. The second-order valence-electron chi connectivity index (χ2n) is 6.16. The summed E-state index contributed by atoms with van der Waals surface area (Å²) < 4.78 is 5.62. The standard InChI is InChI=1S/C18H19N7O2/c26-16(24-9-11-25(12-10-24)18-20-7-2-8-21-18)5-4-15-22-23-17(27-15)14-3-1-6-19-13-14/h1-3,6-8,13H,4-5,9-12H2. The molecule has 1 aliphatic rings. The molecule has 0 aliphatic carbocycles. The maximum Gasteiger partial charge on any atom is 0.249 e. The van der Waals surface area contributed by atoms with Gasteiger partial charge in [-0.1, -0.05) is 0 Å². The van der Waals surface area contributed by atoms with Gasteiger partial charge >= 0.3 is 0 Å². The van der Waals surface area contributed by atoms with Gasteiger partial charge in [0, 0.05) is 63.8 Å².